The highest BCUT2D eigenvalue weighted by atomic mass is 16.2. The lowest BCUT2D eigenvalue weighted by Crippen LogP contribution is -2.43. The maximum absolute atomic E-state index is 12.3. The van der Waals surface area contributed by atoms with E-state index in [4.69, 9.17) is 0 Å². The molecule has 3 rings (SSSR count). The van der Waals surface area contributed by atoms with E-state index in [9.17, 15) is 9.59 Å². The van der Waals surface area contributed by atoms with Gasteiger partial charge < -0.3 is 9.80 Å². The SMILES string of the molecule is CC1(C)C2CN(C(=O)CN3CCCCCC3=O)CC21. The Balaban J connectivity index is 1.53. The first-order valence-corrected chi connectivity index (χ1v) is 7.55. The van der Waals surface area contributed by atoms with E-state index >= 15 is 0 Å². The van der Waals surface area contributed by atoms with Gasteiger partial charge in [-0.05, 0) is 30.1 Å². The van der Waals surface area contributed by atoms with Crippen LogP contribution in [0.15, 0.2) is 0 Å². The van der Waals surface area contributed by atoms with Gasteiger partial charge in [0.05, 0.1) is 6.54 Å². The molecular formula is C15H24N2O2. The molecule has 2 atom stereocenters. The average molecular weight is 264 g/mol. The zero-order valence-corrected chi connectivity index (χ0v) is 12.0. The molecule has 2 amide bonds. The van der Waals surface area contributed by atoms with E-state index in [0.29, 0.717) is 30.2 Å². The van der Waals surface area contributed by atoms with Crippen LogP contribution in [-0.4, -0.2) is 47.8 Å². The molecule has 0 aromatic rings. The molecule has 3 fully saturated rings. The van der Waals surface area contributed by atoms with Gasteiger partial charge in [0.1, 0.15) is 0 Å². The molecule has 4 heteroatoms. The van der Waals surface area contributed by atoms with E-state index in [1.54, 1.807) is 4.90 Å². The molecule has 2 heterocycles. The summed E-state index contributed by atoms with van der Waals surface area (Å²) < 4.78 is 0. The first kappa shape index (κ1) is 12.9. The molecule has 0 aromatic heterocycles. The molecule has 0 radical (unpaired) electrons. The molecule has 0 spiro atoms. The van der Waals surface area contributed by atoms with E-state index in [1.165, 1.54) is 0 Å². The fraction of sp³-hybridized carbons (Fsp3) is 0.867. The number of nitrogens with zero attached hydrogens (tertiary/aromatic N) is 2. The third-order valence-electron chi connectivity index (χ3n) is 5.47. The van der Waals surface area contributed by atoms with Crippen LogP contribution in [0.25, 0.3) is 0 Å². The highest BCUT2D eigenvalue weighted by molar-refractivity contribution is 5.85. The normalized spacial score (nSPS) is 33.1. The van der Waals surface area contributed by atoms with Gasteiger partial charge >= 0.3 is 0 Å². The summed E-state index contributed by atoms with van der Waals surface area (Å²) in [5, 5.41) is 0. The van der Waals surface area contributed by atoms with Crippen molar-refractivity contribution < 1.29 is 9.59 Å². The second-order valence-electron chi connectivity index (χ2n) is 6.96. The van der Waals surface area contributed by atoms with Crippen LogP contribution in [0.3, 0.4) is 0 Å². The highest BCUT2D eigenvalue weighted by Gasteiger charge is 2.62. The maximum Gasteiger partial charge on any atom is 0.242 e. The number of rotatable bonds is 2. The first-order chi connectivity index (χ1) is 9.00. The maximum atomic E-state index is 12.3. The van der Waals surface area contributed by atoms with Crippen molar-refractivity contribution >= 4 is 11.8 Å². The van der Waals surface area contributed by atoms with Crippen molar-refractivity contribution in [3.05, 3.63) is 0 Å². The standard InChI is InChI=1S/C15H24N2O2/c1-15(2)11-8-17(9-12(11)15)14(19)10-16-7-5-3-4-6-13(16)18/h11-12H,3-10H2,1-2H3. The van der Waals surface area contributed by atoms with Gasteiger partial charge in [0.2, 0.25) is 11.8 Å². The zero-order valence-electron chi connectivity index (χ0n) is 12.0. The van der Waals surface area contributed by atoms with Crippen molar-refractivity contribution in [1.82, 2.24) is 9.80 Å². The zero-order chi connectivity index (χ0) is 13.6. The van der Waals surface area contributed by atoms with Gasteiger partial charge in [0.25, 0.3) is 0 Å². The van der Waals surface area contributed by atoms with Crippen molar-refractivity contribution in [2.45, 2.75) is 39.5 Å². The van der Waals surface area contributed by atoms with E-state index in [-0.39, 0.29) is 11.8 Å². The quantitative estimate of drug-likeness (QED) is 0.758. The van der Waals surface area contributed by atoms with E-state index in [0.717, 1.165) is 38.9 Å². The van der Waals surface area contributed by atoms with Gasteiger partial charge in [-0.2, -0.15) is 0 Å². The minimum absolute atomic E-state index is 0.151. The van der Waals surface area contributed by atoms with Gasteiger partial charge in [0.15, 0.2) is 0 Å². The van der Waals surface area contributed by atoms with Crippen molar-refractivity contribution in [3.8, 4) is 0 Å². The second kappa shape index (κ2) is 4.50. The Bertz CT molecular complexity index is 391. The fourth-order valence-corrected chi connectivity index (χ4v) is 3.80. The number of piperidine rings is 1. The predicted molar refractivity (Wildman–Crippen MR) is 72.4 cm³/mol. The van der Waals surface area contributed by atoms with Crippen LogP contribution in [0.4, 0.5) is 0 Å². The monoisotopic (exact) mass is 264 g/mol. The molecule has 2 unspecified atom stereocenters. The summed E-state index contributed by atoms with van der Waals surface area (Å²) in [5.74, 6) is 1.70. The van der Waals surface area contributed by atoms with Gasteiger partial charge in [-0.3, -0.25) is 9.59 Å². The Morgan fingerprint density at radius 2 is 1.89 bits per heavy atom. The topological polar surface area (TPSA) is 40.6 Å². The van der Waals surface area contributed by atoms with Crippen molar-refractivity contribution in [3.63, 3.8) is 0 Å². The van der Waals surface area contributed by atoms with E-state index in [2.05, 4.69) is 13.8 Å². The number of hydrogen-bond acceptors (Lipinski definition) is 2. The summed E-state index contributed by atoms with van der Waals surface area (Å²) in [4.78, 5) is 27.9. The lowest BCUT2D eigenvalue weighted by Gasteiger charge is -2.26. The number of likely N-dealkylation sites (tertiary alicyclic amines) is 2. The highest BCUT2D eigenvalue weighted by Crippen LogP contribution is 2.61. The van der Waals surface area contributed by atoms with Crippen LogP contribution in [0.1, 0.15) is 39.5 Å². The Morgan fingerprint density at radius 1 is 1.21 bits per heavy atom. The van der Waals surface area contributed by atoms with Crippen molar-refractivity contribution in [2.75, 3.05) is 26.2 Å². The molecule has 0 aromatic carbocycles. The van der Waals surface area contributed by atoms with Crippen LogP contribution in [0.5, 0.6) is 0 Å². The lowest BCUT2D eigenvalue weighted by atomic mass is 10.1. The summed E-state index contributed by atoms with van der Waals surface area (Å²) in [6.07, 6.45) is 3.74. The smallest absolute Gasteiger partial charge is 0.242 e. The molecule has 106 valence electrons. The molecule has 4 nitrogen and oxygen atoms in total. The average Bonchev–Trinajstić information content (AvgIpc) is 2.74. The molecule has 3 aliphatic rings. The summed E-state index contributed by atoms with van der Waals surface area (Å²) in [6, 6.07) is 0. The van der Waals surface area contributed by atoms with Crippen LogP contribution in [0, 0.1) is 17.3 Å². The molecule has 1 saturated carbocycles. The summed E-state index contributed by atoms with van der Waals surface area (Å²) in [6.45, 7) is 7.46. The van der Waals surface area contributed by atoms with Gasteiger partial charge in [0, 0.05) is 26.1 Å². The van der Waals surface area contributed by atoms with Gasteiger partial charge in [-0.15, -0.1) is 0 Å². The van der Waals surface area contributed by atoms with E-state index < -0.39 is 0 Å². The molecular weight excluding hydrogens is 240 g/mol. The summed E-state index contributed by atoms with van der Waals surface area (Å²) in [7, 11) is 0. The second-order valence-corrected chi connectivity index (χ2v) is 6.96. The fourth-order valence-electron chi connectivity index (χ4n) is 3.80. The van der Waals surface area contributed by atoms with E-state index in [1.807, 2.05) is 4.90 Å². The van der Waals surface area contributed by atoms with Crippen LogP contribution in [-0.2, 0) is 9.59 Å². The molecule has 0 N–H and O–H groups in total. The Morgan fingerprint density at radius 3 is 2.58 bits per heavy atom. The largest absolute Gasteiger partial charge is 0.341 e. The third-order valence-corrected chi connectivity index (χ3v) is 5.47. The molecule has 1 aliphatic carbocycles. The summed E-state index contributed by atoms with van der Waals surface area (Å²) in [5.41, 5.74) is 0.440. The number of amides is 2. The number of carbonyl (C=O) groups excluding carboxylic acids is 2. The Labute approximate surface area is 115 Å². The molecule has 0 bridgehead atoms. The van der Waals surface area contributed by atoms with Crippen LogP contribution < -0.4 is 0 Å². The van der Waals surface area contributed by atoms with Crippen molar-refractivity contribution in [2.24, 2.45) is 17.3 Å². The Hall–Kier alpha value is -1.06. The molecule has 19 heavy (non-hydrogen) atoms. The van der Waals surface area contributed by atoms with Crippen LogP contribution in [0.2, 0.25) is 0 Å². The number of carbonyl (C=O) groups is 2. The number of hydrogen-bond donors (Lipinski definition) is 0. The summed E-state index contributed by atoms with van der Waals surface area (Å²) >= 11 is 0. The first-order valence-electron chi connectivity index (χ1n) is 7.55. The van der Waals surface area contributed by atoms with Crippen molar-refractivity contribution in [1.29, 1.82) is 0 Å². The molecule has 2 saturated heterocycles. The Kier molecular flexibility index (Phi) is 3.06. The predicted octanol–water partition coefficient (Wildman–Crippen LogP) is 1.50. The van der Waals surface area contributed by atoms with Crippen LogP contribution >= 0.6 is 0 Å². The minimum Gasteiger partial charge on any atom is -0.341 e. The van der Waals surface area contributed by atoms with Gasteiger partial charge in [-0.1, -0.05) is 20.3 Å². The minimum atomic E-state index is 0.151. The molecule has 2 aliphatic heterocycles. The number of fused-ring (bicyclic) bond motifs is 1. The van der Waals surface area contributed by atoms with Gasteiger partial charge in [-0.25, -0.2) is 0 Å². The lowest BCUT2D eigenvalue weighted by molar-refractivity contribution is -0.140. The third kappa shape index (κ3) is 2.26.